The minimum atomic E-state index is -3.27. The quantitative estimate of drug-likeness (QED) is 0.752. The predicted octanol–water partition coefficient (Wildman–Crippen LogP) is 0.895. The molecule has 0 atom stereocenters. The minimum Gasteiger partial charge on any atom is -0.317 e. The van der Waals surface area contributed by atoms with E-state index in [2.05, 4.69) is 5.32 Å². The maximum atomic E-state index is 12.4. The fraction of sp³-hybridized carbons (Fsp3) is 1.00. The second-order valence-corrected chi connectivity index (χ2v) is 6.66. The number of rotatable bonds is 7. The Morgan fingerprint density at radius 3 is 1.94 bits per heavy atom. The van der Waals surface area contributed by atoms with Crippen molar-refractivity contribution in [2.75, 3.05) is 39.3 Å². The first-order chi connectivity index (χ1) is 8.56. The van der Waals surface area contributed by atoms with E-state index in [1.54, 1.807) is 4.31 Å². The summed E-state index contributed by atoms with van der Waals surface area (Å²) < 4.78 is 28.0. The molecule has 0 aromatic heterocycles. The molecule has 1 aliphatic heterocycles. The molecule has 0 amide bonds. The average Bonchev–Trinajstić information content (AvgIpc) is 2.38. The fourth-order valence-electron chi connectivity index (χ4n) is 2.45. The van der Waals surface area contributed by atoms with Crippen LogP contribution in [-0.4, -0.2) is 56.3 Å². The van der Waals surface area contributed by atoms with Crippen molar-refractivity contribution in [3.8, 4) is 0 Å². The molecule has 0 bridgehead atoms. The molecule has 1 fully saturated rings. The summed E-state index contributed by atoms with van der Waals surface area (Å²) in [6.45, 7) is 10.0. The lowest BCUT2D eigenvalue weighted by Crippen LogP contribution is -2.46. The van der Waals surface area contributed by atoms with Gasteiger partial charge in [0, 0.05) is 26.2 Å². The summed E-state index contributed by atoms with van der Waals surface area (Å²) in [4.78, 5) is 0. The normalized spacial score (nSPS) is 18.7. The van der Waals surface area contributed by atoms with E-state index in [-0.39, 0.29) is 0 Å². The highest BCUT2D eigenvalue weighted by atomic mass is 32.2. The molecule has 5 nitrogen and oxygen atoms in total. The van der Waals surface area contributed by atoms with Crippen LogP contribution in [0.1, 0.15) is 33.6 Å². The third-order valence-electron chi connectivity index (χ3n) is 3.63. The topological polar surface area (TPSA) is 52.7 Å². The second-order valence-electron chi connectivity index (χ2n) is 4.74. The van der Waals surface area contributed by atoms with Crippen LogP contribution in [0.2, 0.25) is 0 Å². The molecule has 1 rings (SSSR count). The minimum absolute atomic E-state index is 0.497. The largest absolute Gasteiger partial charge is 0.317 e. The molecule has 0 saturated carbocycles. The first kappa shape index (κ1) is 15.9. The lowest BCUT2D eigenvalue weighted by atomic mass is 9.98. The molecule has 0 spiro atoms. The molecule has 1 saturated heterocycles. The van der Waals surface area contributed by atoms with Crippen molar-refractivity contribution in [2.45, 2.75) is 33.6 Å². The number of piperidine rings is 1. The molecule has 1 aliphatic rings. The predicted molar refractivity (Wildman–Crippen MR) is 74.7 cm³/mol. The van der Waals surface area contributed by atoms with E-state index < -0.39 is 10.2 Å². The van der Waals surface area contributed by atoms with Gasteiger partial charge in [-0.1, -0.05) is 20.8 Å². The van der Waals surface area contributed by atoms with Crippen LogP contribution in [0.4, 0.5) is 0 Å². The van der Waals surface area contributed by atoms with E-state index in [1.807, 2.05) is 20.8 Å². The monoisotopic (exact) mass is 277 g/mol. The molecule has 6 heteroatoms. The molecular weight excluding hydrogens is 250 g/mol. The first-order valence-corrected chi connectivity index (χ1v) is 8.41. The highest BCUT2D eigenvalue weighted by Gasteiger charge is 2.28. The van der Waals surface area contributed by atoms with Crippen molar-refractivity contribution in [1.29, 1.82) is 0 Å². The summed E-state index contributed by atoms with van der Waals surface area (Å²) >= 11 is 0. The SMILES string of the molecule is CCN(CC)S(=O)(=O)N(CC)CC1CCNCC1. The van der Waals surface area contributed by atoms with Gasteiger partial charge in [0.05, 0.1) is 0 Å². The van der Waals surface area contributed by atoms with Gasteiger partial charge in [0.25, 0.3) is 10.2 Å². The van der Waals surface area contributed by atoms with Crippen molar-refractivity contribution in [1.82, 2.24) is 13.9 Å². The molecule has 0 aliphatic carbocycles. The van der Waals surface area contributed by atoms with Crippen molar-refractivity contribution >= 4 is 10.2 Å². The zero-order valence-electron chi connectivity index (χ0n) is 11.9. The molecule has 0 radical (unpaired) electrons. The summed E-state index contributed by atoms with van der Waals surface area (Å²) in [6.07, 6.45) is 2.15. The van der Waals surface area contributed by atoms with Crippen LogP contribution < -0.4 is 5.32 Å². The molecule has 18 heavy (non-hydrogen) atoms. The molecule has 0 unspecified atom stereocenters. The Morgan fingerprint density at radius 1 is 1.00 bits per heavy atom. The van der Waals surface area contributed by atoms with E-state index in [9.17, 15) is 8.42 Å². The smallest absolute Gasteiger partial charge is 0.281 e. The van der Waals surface area contributed by atoms with Crippen molar-refractivity contribution < 1.29 is 8.42 Å². The Bertz CT molecular complexity index is 322. The number of hydrogen-bond acceptors (Lipinski definition) is 3. The maximum Gasteiger partial charge on any atom is 0.281 e. The molecule has 108 valence electrons. The summed E-state index contributed by atoms with van der Waals surface area (Å²) in [5, 5.41) is 3.31. The fourth-order valence-corrected chi connectivity index (χ4v) is 4.16. The van der Waals surface area contributed by atoms with E-state index in [4.69, 9.17) is 0 Å². The first-order valence-electron chi connectivity index (χ1n) is 7.02. The lowest BCUT2D eigenvalue weighted by Gasteiger charge is -2.32. The van der Waals surface area contributed by atoms with Crippen LogP contribution in [0.5, 0.6) is 0 Å². The van der Waals surface area contributed by atoms with Gasteiger partial charge in [-0.05, 0) is 31.8 Å². The van der Waals surface area contributed by atoms with Crippen LogP contribution in [0, 0.1) is 5.92 Å². The van der Waals surface area contributed by atoms with Gasteiger partial charge in [0.15, 0.2) is 0 Å². The van der Waals surface area contributed by atoms with Crippen LogP contribution in [-0.2, 0) is 10.2 Å². The Balaban J connectivity index is 2.69. The van der Waals surface area contributed by atoms with E-state index in [1.165, 1.54) is 4.31 Å². The Hall–Kier alpha value is -0.170. The third kappa shape index (κ3) is 3.91. The van der Waals surface area contributed by atoms with Crippen LogP contribution in [0.15, 0.2) is 0 Å². The van der Waals surface area contributed by atoms with Crippen LogP contribution >= 0.6 is 0 Å². The van der Waals surface area contributed by atoms with Gasteiger partial charge in [0.2, 0.25) is 0 Å². The van der Waals surface area contributed by atoms with Gasteiger partial charge >= 0.3 is 0 Å². The third-order valence-corrected chi connectivity index (χ3v) is 5.86. The van der Waals surface area contributed by atoms with Gasteiger partial charge in [-0.2, -0.15) is 17.0 Å². The number of hydrogen-bond donors (Lipinski definition) is 1. The van der Waals surface area contributed by atoms with Crippen molar-refractivity contribution in [3.63, 3.8) is 0 Å². The number of nitrogens with zero attached hydrogens (tertiary/aromatic N) is 2. The molecule has 0 aromatic carbocycles. The highest BCUT2D eigenvalue weighted by molar-refractivity contribution is 7.86. The van der Waals surface area contributed by atoms with Crippen LogP contribution in [0.3, 0.4) is 0 Å². The van der Waals surface area contributed by atoms with E-state index in [0.29, 0.717) is 32.1 Å². The molecule has 0 aromatic rings. The average molecular weight is 277 g/mol. The van der Waals surface area contributed by atoms with Gasteiger partial charge in [-0.25, -0.2) is 0 Å². The van der Waals surface area contributed by atoms with Gasteiger partial charge in [-0.3, -0.25) is 0 Å². The van der Waals surface area contributed by atoms with Crippen molar-refractivity contribution in [3.05, 3.63) is 0 Å². The standard InChI is InChI=1S/C12H27N3O2S/c1-4-14(5-2)18(16,17)15(6-3)11-12-7-9-13-10-8-12/h12-13H,4-11H2,1-3H3. The molecule has 1 N–H and O–H groups in total. The zero-order chi connectivity index (χ0) is 13.6. The zero-order valence-corrected chi connectivity index (χ0v) is 12.7. The van der Waals surface area contributed by atoms with E-state index >= 15 is 0 Å². The molecule has 1 heterocycles. The summed E-state index contributed by atoms with van der Waals surface area (Å²) in [6, 6.07) is 0. The van der Waals surface area contributed by atoms with Gasteiger partial charge < -0.3 is 5.32 Å². The highest BCUT2D eigenvalue weighted by Crippen LogP contribution is 2.17. The van der Waals surface area contributed by atoms with E-state index in [0.717, 1.165) is 25.9 Å². The summed E-state index contributed by atoms with van der Waals surface area (Å²) in [5.41, 5.74) is 0. The second kappa shape index (κ2) is 7.43. The number of nitrogens with one attached hydrogen (secondary N) is 1. The maximum absolute atomic E-state index is 12.4. The summed E-state index contributed by atoms with van der Waals surface area (Å²) in [7, 11) is -3.27. The summed E-state index contributed by atoms with van der Waals surface area (Å²) in [5.74, 6) is 0.497. The van der Waals surface area contributed by atoms with Gasteiger partial charge in [-0.15, -0.1) is 0 Å². The Labute approximate surface area is 112 Å². The Morgan fingerprint density at radius 2 is 1.50 bits per heavy atom. The van der Waals surface area contributed by atoms with Crippen molar-refractivity contribution in [2.24, 2.45) is 5.92 Å². The Kier molecular flexibility index (Phi) is 6.55. The molecular formula is C12H27N3O2S. The van der Waals surface area contributed by atoms with Crippen LogP contribution in [0.25, 0.3) is 0 Å². The lowest BCUT2D eigenvalue weighted by molar-refractivity contribution is 0.277. The van der Waals surface area contributed by atoms with Gasteiger partial charge in [0.1, 0.15) is 0 Å².